The van der Waals surface area contributed by atoms with Crippen molar-refractivity contribution in [1.29, 1.82) is 0 Å². The summed E-state index contributed by atoms with van der Waals surface area (Å²) in [5.41, 5.74) is 1.19. The minimum atomic E-state index is -2.78. The molecular weight excluding hydrogens is 492 g/mol. The minimum Gasteiger partial charge on any atom is -0.497 e. The van der Waals surface area contributed by atoms with E-state index in [1.165, 1.54) is 18.9 Å². The molecule has 0 aromatic heterocycles. The number of amides is 3. The summed E-state index contributed by atoms with van der Waals surface area (Å²) in [6.45, 7) is 1.42. The van der Waals surface area contributed by atoms with Crippen molar-refractivity contribution in [3.05, 3.63) is 53.1 Å². The molecule has 1 heterocycles. The number of carboxylic acid groups (broad SMARTS) is 1. The van der Waals surface area contributed by atoms with Crippen LogP contribution in [0.1, 0.15) is 24.1 Å². The molecule has 3 rings (SSSR count). The van der Waals surface area contributed by atoms with Crippen LogP contribution in [-0.4, -0.2) is 72.6 Å². The number of halogens is 2. The van der Waals surface area contributed by atoms with Gasteiger partial charge in [-0.05, 0) is 73.8 Å². The van der Waals surface area contributed by atoms with E-state index in [0.29, 0.717) is 17.7 Å². The number of carbonyl (C=O) groups is 3. The SMILES string of the molecule is COc1ccc2c(c1)CCN(C(=O)N[C@H](C)C(=O)O)C2C(=O)Nc1cc(F)c([SH](C)(C)(C)C)c(F)c1. The topological polar surface area (TPSA) is 108 Å². The van der Waals surface area contributed by atoms with E-state index in [2.05, 4.69) is 10.6 Å². The first-order chi connectivity index (χ1) is 16.6. The lowest BCUT2D eigenvalue weighted by Gasteiger charge is -2.47. The van der Waals surface area contributed by atoms with Gasteiger partial charge < -0.3 is 25.4 Å². The molecule has 0 aliphatic carbocycles. The van der Waals surface area contributed by atoms with E-state index in [1.54, 1.807) is 18.2 Å². The van der Waals surface area contributed by atoms with Crippen molar-refractivity contribution in [1.82, 2.24) is 10.2 Å². The molecule has 2 aromatic carbocycles. The molecule has 2 aromatic rings. The lowest BCUT2D eigenvalue weighted by Crippen LogP contribution is -2.52. The summed E-state index contributed by atoms with van der Waals surface area (Å²) < 4.78 is 35.2. The lowest BCUT2D eigenvalue weighted by molar-refractivity contribution is -0.138. The first-order valence-corrected chi connectivity index (χ1v) is 15.4. The molecule has 11 heteroatoms. The van der Waals surface area contributed by atoms with Crippen molar-refractivity contribution in [3.63, 3.8) is 0 Å². The Labute approximate surface area is 209 Å². The molecule has 8 nitrogen and oxygen atoms in total. The molecule has 36 heavy (non-hydrogen) atoms. The molecule has 3 N–H and O–H groups in total. The van der Waals surface area contributed by atoms with Gasteiger partial charge in [-0.2, -0.15) is 0 Å². The maximum absolute atomic E-state index is 15.0. The Bertz CT molecular complexity index is 1200. The first kappa shape index (κ1) is 27.3. The fraction of sp³-hybridized carbons (Fsp3) is 0.400. The van der Waals surface area contributed by atoms with Crippen LogP contribution < -0.4 is 15.4 Å². The summed E-state index contributed by atoms with van der Waals surface area (Å²) in [6.07, 6.45) is 7.71. The van der Waals surface area contributed by atoms with E-state index in [1.807, 2.05) is 25.0 Å². The largest absolute Gasteiger partial charge is 0.497 e. The number of thiol groups is 1. The number of ether oxygens (including phenoxy) is 1. The summed E-state index contributed by atoms with van der Waals surface area (Å²) in [7, 11) is -1.28. The Morgan fingerprint density at radius 2 is 1.72 bits per heavy atom. The number of hydrogen-bond donors (Lipinski definition) is 4. The fourth-order valence-electron chi connectivity index (χ4n) is 4.26. The highest BCUT2D eigenvalue weighted by molar-refractivity contribution is 8.47. The van der Waals surface area contributed by atoms with Gasteiger partial charge in [0.2, 0.25) is 0 Å². The lowest BCUT2D eigenvalue weighted by atomic mass is 9.91. The van der Waals surface area contributed by atoms with Crippen molar-refractivity contribution >= 4 is 32.8 Å². The number of benzene rings is 2. The van der Waals surface area contributed by atoms with Gasteiger partial charge >= 0.3 is 12.0 Å². The number of nitrogens with zero attached hydrogens (tertiary/aromatic N) is 1. The molecule has 1 aliphatic rings. The minimum absolute atomic E-state index is 0.0118. The Kier molecular flexibility index (Phi) is 7.27. The number of urea groups is 1. The number of fused-ring (bicyclic) bond motifs is 1. The van der Waals surface area contributed by atoms with E-state index >= 15 is 0 Å². The Balaban J connectivity index is 1.99. The van der Waals surface area contributed by atoms with Crippen molar-refractivity contribution in [2.24, 2.45) is 0 Å². The monoisotopic (exact) mass is 525 g/mol. The van der Waals surface area contributed by atoms with E-state index in [4.69, 9.17) is 9.84 Å². The van der Waals surface area contributed by atoms with E-state index in [0.717, 1.165) is 17.7 Å². The van der Waals surface area contributed by atoms with Gasteiger partial charge in [-0.3, -0.25) is 18.8 Å². The van der Waals surface area contributed by atoms with Crippen molar-refractivity contribution in [3.8, 4) is 5.75 Å². The zero-order valence-electron chi connectivity index (χ0n) is 21.2. The van der Waals surface area contributed by atoms with Gasteiger partial charge in [-0.25, -0.2) is 13.6 Å². The highest BCUT2D eigenvalue weighted by Crippen LogP contribution is 2.65. The molecule has 0 saturated heterocycles. The van der Waals surface area contributed by atoms with E-state index < -0.39 is 50.8 Å². The number of methoxy groups -OCH3 is 1. The maximum Gasteiger partial charge on any atom is 0.325 e. The van der Waals surface area contributed by atoms with Crippen LogP contribution in [0.25, 0.3) is 0 Å². The average Bonchev–Trinajstić information content (AvgIpc) is 2.75. The van der Waals surface area contributed by atoms with Crippen molar-refractivity contribution in [2.45, 2.75) is 30.3 Å². The fourth-order valence-corrected chi connectivity index (χ4v) is 6.10. The van der Waals surface area contributed by atoms with Crippen LogP contribution in [0.2, 0.25) is 0 Å². The maximum atomic E-state index is 15.0. The van der Waals surface area contributed by atoms with Crippen molar-refractivity contribution < 1.29 is 33.0 Å². The molecule has 0 spiro atoms. The normalized spacial score (nSPS) is 17.3. The van der Waals surface area contributed by atoms with Crippen LogP contribution in [0.4, 0.5) is 19.3 Å². The highest BCUT2D eigenvalue weighted by Gasteiger charge is 2.37. The number of carbonyl (C=O) groups excluding carboxylic acids is 2. The highest BCUT2D eigenvalue weighted by atomic mass is 32.3. The molecule has 1 unspecified atom stereocenters. The zero-order valence-corrected chi connectivity index (χ0v) is 22.1. The van der Waals surface area contributed by atoms with Crippen LogP contribution in [0.3, 0.4) is 0 Å². The van der Waals surface area contributed by atoms with Gasteiger partial charge in [0.1, 0.15) is 29.5 Å². The molecular formula is C25H33F2N3O5S. The second kappa shape index (κ2) is 9.61. The van der Waals surface area contributed by atoms with Crippen LogP contribution in [-0.2, 0) is 16.0 Å². The average molecular weight is 526 g/mol. The van der Waals surface area contributed by atoms with Gasteiger partial charge in [-0.1, -0.05) is 6.07 Å². The molecule has 0 radical (unpaired) electrons. The Morgan fingerprint density at radius 3 is 2.25 bits per heavy atom. The predicted molar refractivity (Wildman–Crippen MR) is 138 cm³/mol. The standard InChI is InChI=1S/C25H33F2N3O5S/c1-14(24(32)33)28-25(34)30-10-9-15-11-17(35-2)7-8-18(15)21(30)23(31)29-16-12-19(26)22(20(27)13-16)36(3,4,5)6/h7-8,11-14,21,36H,9-10H2,1-6H3,(H,28,34)(H,29,31)(H,32,33)/t14-,21?/m1/s1. The second-order valence-electron chi connectivity index (χ2n) is 10.8. The summed E-state index contributed by atoms with van der Waals surface area (Å²) in [6, 6.07) is 4.10. The van der Waals surface area contributed by atoms with Gasteiger partial charge in [-0.15, -0.1) is 0 Å². The molecule has 0 fully saturated rings. The number of anilines is 1. The number of aliphatic carboxylic acids is 1. The number of rotatable bonds is 6. The predicted octanol–water partition coefficient (Wildman–Crippen LogP) is 3.64. The number of nitrogens with one attached hydrogen (secondary N) is 2. The van der Waals surface area contributed by atoms with Crippen molar-refractivity contribution in [2.75, 3.05) is 44.0 Å². The zero-order chi connectivity index (χ0) is 27.0. The third-order valence-corrected chi connectivity index (χ3v) is 8.19. The van der Waals surface area contributed by atoms with Gasteiger partial charge in [0, 0.05) is 17.1 Å². The molecule has 0 saturated carbocycles. The Morgan fingerprint density at radius 1 is 1.11 bits per heavy atom. The summed E-state index contributed by atoms with van der Waals surface area (Å²) in [5, 5.41) is 14.1. The summed E-state index contributed by atoms with van der Waals surface area (Å²) in [4.78, 5) is 38.9. The summed E-state index contributed by atoms with van der Waals surface area (Å²) >= 11 is 0. The van der Waals surface area contributed by atoms with E-state index in [9.17, 15) is 23.2 Å². The van der Waals surface area contributed by atoms with Gasteiger partial charge in [0.25, 0.3) is 5.91 Å². The number of carboxylic acids is 1. The van der Waals surface area contributed by atoms with Crippen LogP contribution in [0.15, 0.2) is 35.2 Å². The molecule has 1 aliphatic heterocycles. The number of hydrogen-bond acceptors (Lipinski definition) is 4. The van der Waals surface area contributed by atoms with Crippen LogP contribution >= 0.6 is 9.16 Å². The molecule has 198 valence electrons. The van der Waals surface area contributed by atoms with Gasteiger partial charge in [0.15, 0.2) is 0 Å². The third-order valence-electron chi connectivity index (χ3n) is 5.98. The quantitative estimate of drug-likeness (QED) is 0.431. The van der Waals surface area contributed by atoms with Crippen LogP contribution in [0.5, 0.6) is 5.75 Å². The molecule has 3 amide bonds. The van der Waals surface area contributed by atoms with Crippen LogP contribution in [0, 0.1) is 11.6 Å². The third kappa shape index (κ3) is 5.72. The van der Waals surface area contributed by atoms with Gasteiger partial charge in [0.05, 0.1) is 7.11 Å². The molecule has 2 atom stereocenters. The van der Waals surface area contributed by atoms with E-state index in [-0.39, 0.29) is 17.1 Å². The first-order valence-electron chi connectivity index (χ1n) is 11.4. The summed E-state index contributed by atoms with van der Waals surface area (Å²) in [5.74, 6) is -2.85. The smallest absolute Gasteiger partial charge is 0.325 e. The Hall–Kier alpha value is -3.34. The second-order valence-corrected chi connectivity index (χ2v) is 18.4. The molecule has 0 bridgehead atoms.